The van der Waals surface area contributed by atoms with E-state index >= 15 is 0 Å². The largest absolute Gasteiger partial charge is 0.465 e. The zero-order chi connectivity index (χ0) is 21.1. The number of aliphatic hydroxyl groups is 1. The number of aliphatic hydroxyl groups excluding tert-OH is 1. The third kappa shape index (κ3) is 4.51. The lowest BCUT2D eigenvalue weighted by Crippen LogP contribution is -2.57. The van der Waals surface area contributed by atoms with Crippen molar-refractivity contribution in [1.82, 2.24) is 5.32 Å². The molecule has 1 aliphatic heterocycles. The molecule has 0 bridgehead atoms. The molecule has 0 spiro atoms. The molecule has 6 heteroatoms. The van der Waals surface area contributed by atoms with E-state index in [1.807, 2.05) is 12.1 Å². The van der Waals surface area contributed by atoms with Crippen LogP contribution in [0, 0.1) is 0 Å². The number of esters is 1. The number of β-amino-alcohol motifs (C(OH)–C–C–N with tert-alkyl or cyclic N) is 1. The van der Waals surface area contributed by atoms with Crippen LogP contribution in [0.5, 0.6) is 0 Å². The van der Waals surface area contributed by atoms with Crippen LogP contribution in [0.2, 0.25) is 16.6 Å². The SMILES string of the molecule is COC(=O)c1ccc(C2C(O)CNCC2O[Si](C(C)C)(C(C)C)C(C)C)cc1. The third-order valence-electron chi connectivity index (χ3n) is 6.29. The fraction of sp³-hybridized carbons (Fsp3) is 0.682. The molecule has 2 N–H and O–H groups in total. The first-order valence-corrected chi connectivity index (χ1v) is 12.5. The maximum Gasteiger partial charge on any atom is 0.337 e. The second kappa shape index (κ2) is 9.52. The Hall–Kier alpha value is -1.21. The van der Waals surface area contributed by atoms with Crippen LogP contribution < -0.4 is 5.32 Å². The van der Waals surface area contributed by atoms with E-state index < -0.39 is 14.4 Å². The second-order valence-electron chi connectivity index (χ2n) is 8.84. The lowest BCUT2D eigenvalue weighted by molar-refractivity contribution is 0.0304. The molecule has 0 saturated carbocycles. The summed E-state index contributed by atoms with van der Waals surface area (Å²) in [6.07, 6.45) is -0.618. The molecule has 1 fully saturated rings. The zero-order valence-corrected chi connectivity index (χ0v) is 19.4. The molecule has 0 amide bonds. The predicted octanol–water partition coefficient (Wildman–Crippen LogP) is 4.08. The van der Waals surface area contributed by atoms with Crippen molar-refractivity contribution < 1.29 is 19.1 Å². The van der Waals surface area contributed by atoms with Crippen LogP contribution in [0.4, 0.5) is 0 Å². The second-order valence-corrected chi connectivity index (χ2v) is 14.2. The van der Waals surface area contributed by atoms with E-state index in [1.54, 1.807) is 12.1 Å². The molecule has 0 radical (unpaired) electrons. The number of carbonyl (C=O) groups excluding carboxylic acids is 1. The van der Waals surface area contributed by atoms with Crippen LogP contribution in [0.15, 0.2) is 24.3 Å². The van der Waals surface area contributed by atoms with E-state index in [9.17, 15) is 9.90 Å². The van der Waals surface area contributed by atoms with E-state index in [1.165, 1.54) is 7.11 Å². The third-order valence-corrected chi connectivity index (χ3v) is 12.4. The number of benzene rings is 1. The van der Waals surface area contributed by atoms with Gasteiger partial charge >= 0.3 is 5.97 Å². The Morgan fingerprint density at radius 2 is 1.57 bits per heavy atom. The fourth-order valence-electron chi connectivity index (χ4n) is 5.06. The predicted molar refractivity (Wildman–Crippen MR) is 115 cm³/mol. The molecule has 0 aliphatic carbocycles. The number of methoxy groups -OCH3 is 1. The van der Waals surface area contributed by atoms with Gasteiger partial charge in [-0.2, -0.15) is 0 Å². The number of nitrogens with one attached hydrogen (secondary N) is 1. The topological polar surface area (TPSA) is 67.8 Å². The van der Waals surface area contributed by atoms with Gasteiger partial charge in [-0.15, -0.1) is 0 Å². The van der Waals surface area contributed by atoms with Gasteiger partial charge in [0.25, 0.3) is 0 Å². The minimum absolute atomic E-state index is 0.0911. The van der Waals surface area contributed by atoms with Crippen LogP contribution in [-0.4, -0.2) is 51.8 Å². The first-order valence-electron chi connectivity index (χ1n) is 10.4. The average Bonchev–Trinajstić information content (AvgIpc) is 2.64. The van der Waals surface area contributed by atoms with Crippen molar-refractivity contribution in [3.05, 3.63) is 35.4 Å². The molecule has 1 saturated heterocycles. The van der Waals surface area contributed by atoms with Gasteiger partial charge in [0.2, 0.25) is 8.32 Å². The maximum absolute atomic E-state index is 11.7. The first-order chi connectivity index (χ1) is 13.1. The molecule has 3 unspecified atom stereocenters. The van der Waals surface area contributed by atoms with Crippen molar-refractivity contribution in [2.75, 3.05) is 20.2 Å². The zero-order valence-electron chi connectivity index (χ0n) is 18.4. The summed E-state index contributed by atoms with van der Waals surface area (Å²) in [6, 6.07) is 7.38. The van der Waals surface area contributed by atoms with Crippen molar-refractivity contribution in [2.24, 2.45) is 0 Å². The summed E-state index contributed by atoms with van der Waals surface area (Å²) < 4.78 is 11.8. The standard InChI is InChI=1S/C22H37NO4Si/c1-14(2)28(15(3)4,16(5)6)27-20-13-23-12-19(24)21(20)17-8-10-18(11-9-17)22(25)26-7/h8-11,14-16,19-21,23-24H,12-13H2,1-7H3. The minimum atomic E-state index is -2.08. The van der Waals surface area contributed by atoms with Gasteiger partial charge in [-0.3, -0.25) is 0 Å². The van der Waals surface area contributed by atoms with E-state index in [4.69, 9.17) is 9.16 Å². The highest BCUT2D eigenvalue weighted by atomic mass is 28.4. The summed E-state index contributed by atoms with van der Waals surface area (Å²) in [7, 11) is -0.699. The van der Waals surface area contributed by atoms with Crippen LogP contribution in [-0.2, 0) is 9.16 Å². The summed E-state index contributed by atoms with van der Waals surface area (Å²) in [5.74, 6) is -0.466. The first kappa shape index (κ1) is 23.1. The molecule has 1 aliphatic rings. The molecular formula is C22H37NO4Si. The monoisotopic (exact) mass is 407 g/mol. The van der Waals surface area contributed by atoms with Gasteiger partial charge in [-0.25, -0.2) is 4.79 Å². The highest BCUT2D eigenvalue weighted by Crippen LogP contribution is 2.45. The molecule has 1 heterocycles. The van der Waals surface area contributed by atoms with E-state index in [0.717, 1.165) is 12.1 Å². The molecule has 3 atom stereocenters. The number of carbonyl (C=O) groups is 1. The number of piperidine rings is 1. The van der Waals surface area contributed by atoms with Crippen LogP contribution in [0.1, 0.15) is 63.4 Å². The van der Waals surface area contributed by atoms with E-state index in [2.05, 4.69) is 46.9 Å². The van der Waals surface area contributed by atoms with Crippen LogP contribution >= 0.6 is 0 Å². The molecule has 1 aromatic carbocycles. The lowest BCUT2D eigenvalue weighted by Gasteiger charge is -2.48. The normalized spacial score (nSPS) is 23.5. The highest BCUT2D eigenvalue weighted by Gasteiger charge is 2.49. The van der Waals surface area contributed by atoms with Gasteiger partial charge in [0, 0.05) is 19.0 Å². The van der Waals surface area contributed by atoms with Crippen molar-refractivity contribution in [1.29, 1.82) is 0 Å². The summed E-state index contributed by atoms with van der Waals surface area (Å²) in [4.78, 5) is 11.7. The average molecular weight is 408 g/mol. The number of hydrogen-bond donors (Lipinski definition) is 2. The van der Waals surface area contributed by atoms with Gasteiger partial charge in [0.1, 0.15) is 0 Å². The van der Waals surface area contributed by atoms with Crippen molar-refractivity contribution in [3.8, 4) is 0 Å². The van der Waals surface area contributed by atoms with Crippen molar-refractivity contribution >= 4 is 14.3 Å². The van der Waals surface area contributed by atoms with E-state index in [-0.39, 0.29) is 18.0 Å². The van der Waals surface area contributed by atoms with Crippen LogP contribution in [0.3, 0.4) is 0 Å². The summed E-state index contributed by atoms with van der Waals surface area (Å²) in [5, 5.41) is 14.1. The Kier molecular flexibility index (Phi) is 7.85. The maximum atomic E-state index is 11.7. The van der Waals surface area contributed by atoms with Gasteiger partial charge in [0.15, 0.2) is 0 Å². The van der Waals surface area contributed by atoms with Gasteiger partial charge in [-0.1, -0.05) is 53.7 Å². The molecule has 1 aromatic rings. The smallest absolute Gasteiger partial charge is 0.337 e. The molecule has 5 nitrogen and oxygen atoms in total. The van der Waals surface area contributed by atoms with Crippen molar-refractivity contribution in [2.45, 2.75) is 76.3 Å². The fourth-order valence-corrected chi connectivity index (χ4v) is 10.6. The molecule has 28 heavy (non-hydrogen) atoms. The molecule has 158 valence electrons. The summed E-state index contributed by atoms with van der Waals surface area (Å²) in [6.45, 7) is 14.9. The summed E-state index contributed by atoms with van der Waals surface area (Å²) in [5.41, 5.74) is 2.96. The number of rotatable bonds is 7. The Labute approximate surface area is 171 Å². The summed E-state index contributed by atoms with van der Waals surface area (Å²) >= 11 is 0. The Morgan fingerprint density at radius 3 is 2.04 bits per heavy atom. The molecular weight excluding hydrogens is 370 g/mol. The van der Waals surface area contributed by atoms with Gasteiger partial charge in [-0.05, 0) is 34.3 Å². The van der Waals surface area contributed by atoms with Gasteiger partial charge in [0.05, 0.1) is 24.9 Å². The quantitative estimate of drug-likeness (QED) is 0.526. The van der Waals surface area contributed by atoms with E-state index in [0.29, 0.717) is 28.7 Å². The molecule has 2 rings (SSSR count). The Bertz CT molecular complexity index is 623. The highest BCUT2D eigenvalue weighted by molar-refractivity contribution is 6.77. The Balaban J connectivity index is 2.37. The lowest BCUT2D eigenvalue weighted by atomic mass is 9.85. The number of hydrogen-bond acceptors (Lipinski definition) is 5. The van der Waals surface area contributed by atoms with Gasteiger partial charge < -0.3 is 19.6 Å². The van der Waals surface area contributed by atoms with Crippen LogP contribution in [0.25, 0.3) is 0 Å². The molecule has 0 aromatic heterocycles. The Morgan fingerprint density at radius 1 is 1.04 bits per heavy atom. The minimum Gasteiger partial charge on any atom is -0.465 e. The van der Waals surface area contributed by atoms with Crippen molar-refractivity contribution in [3.63, 3.8) is 0 Å². The number of ether oxygens (including phenoxy) is 1.